The second-order valence-corrected chi connectivity index (χ2v) is 6.24. The van der Waals surface area contributed by atoms with E-state index in [-0.39, 0.29) is 18.4 Å². The van der Waals surface area contributed by atoms with Crippen LogP contribution in [0.3, 0.4) is 0 Å². The highest BCUT2D eigenvalue weighted by Gasteiger charge is 2.26. The van der Waals surface area contributed by atoms with Crippen LogP contribution in [0.2, 0.25) is 0 Å². The molecule has 2 rings (SSSR count). The first-order valence-electron chi connectivity index (χ1n) is 8.78. The van der Waals surface area contributed by atoms with Crippen molar-refractivity contribution in [1.82, 2.24) is 10.2 Å². The molecule has 144 valence electrons. The molecule has 2 amide bonds. The predicted octanol–water partition coefficient (Wildman–Crippen LogP) is 2.55. The number of nitrogens with one attached hydrogen (secondary N) is 1. The summed E-state index contributed by atoms with van der Waals surface area (Å²) >= 11 is 0. The molecule has 0 fully saturated rings. The monoisotopic (exact) mass is 370 g/mol. The molecule has 0 spiro atoms. The second-order valence-electron chi connectivity index (χ2n) is 6.24. The van der Waals surface area contributed by atoms with Crippen LogP contribution in [0, 0.1) is 6.92 Å². The Labute approximate surface area is 160 Å². The zero-order valence-electron chi connectivity index (χ0n) is 16.2. The fourth-order valence-corrected chi connectivity index (χ4v) is 2.64. The van der Waals surface area contributed by atoms with Gasteiger partial charge in [0, 0.05) is 13.6 Å². The Hall–Kier alpha value is -3.02. The normalized spacial score (nSPS) is 11.4. The lowest BCUT2D eigenvalue weighted by Crippen LogP contribution is -2.48. The Morgan fingerprint density at radius 1 is 1.07 bits per heavy atom. The van der Waals surface area contributed by atoms with Crippen LogP contribution in [-0.2, 0) is 16.1 Å². The van der Waals surface area contributed by atoms with Gasteiger partial charge >= 0.3 is 0 Å². The predicted molar refractivity (Wildman–Crippen MR) is 104 cm³/mol. The molecule has 1 atom stereocenters. The summed E-state index contributed by atoms with van der Waals surface area (Å²) in [5.41, 5.74) is 2.08. The SMILES string of the molecule is CNC(=O)[C@@H](C)N(Cc1ccc(C)cc1)C(=O)COc1ccccc1OC. The van der Waals surface area contributed by atoms with Gasteiger partial charge in [0.2, 0.25) is 5.91 Å². The molecule has 0 aromatic heterocycles. The summed E-state index contributed by atoms with van der Waals surface area (Å²) in [5, 5.41) is 2.59. The number of para-hydroxylation sites is 2. The van der Waals surface area contributed by atoms with Crippen molar-refractivity contribution in [3.63, 3.8) is 0 Å². The van der Waals surface area contributed by atoms with Gasteiger partial charge in [-0.15, -0.1) is 0 Å². The van der Waals surface area contributed by atoms with E-state index in [1.807, 2.05) is 37.3 Å². The summed E-state index contributed by atoms with van der Waals surface area (Å²) in [7, 11) is 3.10. The molecule has 0 aliphatic carbocycles. The number of aryl methyl sites for hydroxylation is 1. The Kier molecular flexibility index (Phi) is 7.23. The molecule has 0 aliphatic rings. The highest BCUT2D eigenvalue weighted by Crippen LogP contribution is 2.25. The lowest BCUT2D eigenvalue weighted by Gasteiger charge is -2.28. The molecule has 6 heteroatoms. The lowest BCUT2D eigenvalue weighted by molar-refractivity contribution is -0.142. The number of methoxy groups -OCH3 is 1. The van der Waals surface area contributed by atoms with Gasteiger partial charge in [0.1, 0.15) is 6.04 Å². The molecular weight excluding hydrogens is 344 g/mol. The summed E-state index contributed by atoms with van der Waals surface area (Å²) < 4.78 is 10.9. The Morgan fingerprint density at radius 2 is 1.70 bits per heavy atom. The largest absolute Gasteiger partial charge is 0.493 e. The van der Waals surface area contributed by atoms with Gasteiger partial charge < -0.3 is 19.7 Å². The fourth-order valence-electron chi connectivity index (χ4n) is 2.64. The first-order chi connectivity index (χ1) is 13.0. The highest BCUT2D eigenvalue weighted by molar-refractivity contribution is 5.87. The molecule has 0 heterocycles. The van der Waals surface area contributed by atoms with E-state index < -0.39 is 6.04 Å². The molecule has 0 aliphatic heterocycles. The number of nitrogens with zero attached hydrogens (tertiary/aromatic N) is 1. The van der Waals surface area contributed by atoms with E-state index in [9.17, 15) is 9.59 Å². The Morgan fingerprint density at radius 3 is 2.30 bits per heavy atom. The fraction of sp³-hybridized carbons (Fsp3) is 0.333. The van der Waals surface area contributed by atoms with Crippen molar-refractivity contribution in [2.75, 3.05) is 20.8 Å². The number of likely N-dealkylation sites (N-methyl/N-ethyl adjacent to an activating group) is 1. The third kappa shape index (κ3) is 5.48. The maximum Gasteiger partial charge on any atom is 0.261 e. The number of ether oxygens (including phenoxy) is 2. The molecule has 6 nitrogen and oxygen atoms in total. The zero-order chi connectivity index (χ0) is 19.8. The quantitative estimate of drug-likeness (QED) is 0.775. The third-order valence-electron chi connectivity index (χ3n) is 4.31. The molecular formula is C21H26N2O4. The first-order valence-corrected chi connectivity index (χ1v) is 8.78. The average molecular weight is 370 g/mol. The van der Waals surface area contributed by atoms with Gasteiger partial charge in [-0.3, -0.25) is 9.59 Å². The van der Waals surface area contributed by atoms with Gasteiger partial charge in [-0.1, -0.05) is 42.0 Å². The molecule has 0 saturated heterocycles. The minimum atomic E-state index is -0.620. The van der Waals surface area contributed by atoms with Crippen LogP contribution >= 0.6 is 0 Å². The van der Waals surface area contributed by atoms with Crippen LogP contribution in [-0.4, -0.2) is 43.5 Å². The van der Waals surface area contributed by atoms with E-state index in [0.717, 1.165) is 11.1 Å². The summed E-state index contributed by atoms with van der Waals surface area (Å²) in [6, 6.07) is 14.4. The summed E-state index contributed by atoms with van der Waals surface area (Å²) in [6.07, 6.45) is 0. The van der Waals surface area contributed by atoms with Crippen LogP contribution in [0.1, 0.15) is 18.1 Å². The molecule has 0 bridgehead atoms. The van der Waals surface area contributed by atoms with Crippen molar-refractivity contribution in [3.8, 4) is 11.5 Å². The topological polar surface area (TPSA) is 67.9 Å². The van der Waals surface area contributed by atoms with Crippen LogP contribution < -0.4 is 14.8 Å². The van der Waals surface area contributed by atoms with E-state index in [1.54, 1.807) is 39.3 Å². The number of rotatable bonds is 8. The first kappa shape index (κ1) is 20.3. The van der Waals surface area contributed by atoms with Gasteiger partial charge in [-0.05, 0) is 31.5 Å². The number of hydrogen-bond acceptors (Lipinski definition) is 4. The molecule has 1 N–H and O–H groups in total. The van der Waals surface area contributed by atoms with Gasteiger partial charge in [0.15, 0.2) is 18.1 Å². The summed E-state index contributed by atoms with van der Waals surface area (Å²) in [6.45, 7) is 3.84. The van der Waals surface area contributed by atoms with Crippen LogP contribution in [0.5, 0.6) is 11.5 Å². The van der Waals surface area contributed by atoms with Crippen molar-refractivity contribution >= 4 is 11.8 Å². The minimum absolute atomic E-state index is 0.187. The van der Waals surface area contributed by atoms with E-state index >= 15 is 0 Å². The molecule has 0 unspecified atom stereocenters. The van der Waals surface area contributed by atoms with Crippen LogP contribution in [0.15, 0.2) is 48.5 Å². The highest BCUT2D eigenvalue weighted by atomic mass is 16.5. The maximum absolute atomic E-state index is 12.8. The van der Waals surface area contributed by atoms with Crippen LogP contribution in [0.4, 0.5) is 0 Å². The summed E-state index contributed by atoms with van der Waals surface area (Å²) in [4.78, 5) is 26.5. The number of benzene rings is 2. The maximum atomic E-state index is 12.8. The zero-order valence-corrected chi connectivity index (χ0v) is 16.2. The molecule has 0 saturated carbocycles. The van der Waals surface area contributed by atoms with Gasteiger partial charge in [0.25, 0.3) is 5.91 Å². The standard InChI is InChI=1S/C21H26N2O4/c1-15-9-11-17(12-10-15)13-23(16(2)21(25)22-3)20(24)14-27-19-8-6-5-7-18(19)26-4/h5-12,16H,13-14H2,1-4H3,(H,22,25)/t16-/m1/s1. The number of hydrogen-bond donors (Lipinski definition) is 1. The van der Waals surface area contributed by atoms with Crippen molar-refractivity contribution in [1.29, 1.82) is 0 Å². The van der Waals surface area contributed by atoms with E-state index in [1.165, 1.54) is 4.90 Å². The lowest BCUT2D eigenvalue weighted by atomic mass is 10.1. The summed E-state index contributed by atoms with van der Waals surface area (Å²) in [5.74, 6) is 0.524. The second kappa shape index (κ2) is 9.62. The van der Waals surface area contributed by atoms with Gasteiger partial charge in [-0.25, -0.2) is 0 Å². The smallest absolute Gasteiger partial charge is 0.261 e. The average Bonchev–Trinajstić information content (AvgIpc) is 2.70. The van der Waals surface area contributed by atoms with Crippen molar-refractivity contribution in [2.24, 2.45) is 0 Å². The molecule has 27 heavy (non-hydrogen) atoms. The number of carbonyl (C=O) groups excluding carboxylic acids is 2. The third-order valence-corrected chi connectivity index (χ3v) is 4.31. The Balaban J connectivity index is 2.14. The van der Waals surface area contributed by atoms with E-state index in [0.29, 0.717) is 18.0 Å². The van der Waals surface area contributed by atoms with Crippen molar-refractivity contribution in [2.45, 2.75) is 26.4 Å². The minimum Gasteiger partial charge on any atom is -0.493 e. The number of amides is 2. The van der Waals surface area contributed by atoms with Crippen LogP contribution in [0.25, 0.3) is 0 Å². The molecule has 2 aromatic carbocycles. The van der Waals surface area contributed by atoms with Gasteiger partial charge in [0.05, 0.1) is 7.11 Å². The number of carbonyl (C=O) groups is 2. The molecule has 0 radical (unpaired) electrons. The van der Waals surface area contributed by atoms with Gasteiger partial charge in [-0.2, -0.15) is 0 Å². The molecule has 2 aromatic rings. The van der Waals surface area contributed by atoms with Crippen molar-refractivity contribution in [3.05, 3.63) is 59.7 Å². The van der Waals surface area contributed by atoms with E-state index in [2.05, 4.69) is 5.32 Å². The van der Waals surface area contributed by atoms with E-state index in [4.69, 9.17) is 9.47 Å². The Bertz CT molecular complexity index is 774. The van der Waals surface area contributed by atoms with Crippen molar-refractivity contribution < 1.29 is 19.1 Å².